The van der Waals surface area contributed by atoms with Gasteiger partial charge in [0.25, 0.3) is 0 Å². The van der Waals surface area contributed by atoms with Crippen LogP contribution in [0.1, 0.15) is 32.1 Å². The van der Waals surface area contributed by atoms with Crippen molar-refractivity contribution in [1.29, 1.82) is 0 Å². The summed E-state index contributed by atoms with van der Waals surface area (Å²) < 4.78 is 5.80. The summed E-state index contributed by atoms with van der Waals surface area (Å²) in [5.41, 5.74) is 1.28. The van der Waals surface area contributed by atoms with Crippen LogP contribution in [0.4, 0.5) is 5.69 Å². The second-order valence-corrected chi connectivity index (χ2v) is 5.59. The molecule has 0 spiro atoms. The lowest BCUT2D eigenvalue weighted by Crippen LogP contribution is -2.27. The normalized spacial score (nSPS) is 22.7. The van der Waals surface area contributed by atoms with Gasteiger partial charge in [0.1, 0.15) is 5.75 Å². The SMILES string of the molecule is c1ccc2c(c1)OCCCN2CCCC1CCCN1. The van der Waals surface area contributed by atoms with E-state index in [1.807, 2.05) is 0 Å². The third-order valence-corrected chi connectivity index (χ3v) is 4.18. The van der Waals surface area contributed by atoms with Crippen LogP contribution in [0.2, 0.25) is 0 Å². The maximum absolute atomic E-state index is 5.80. The lowest BCUT2D eigenvalue weighted by Gasteiger charge is -2.24. The van der Waals surface area contributed by atoms with Gasteiger partial charge in [-0.15, -0.1) is 0 Å². The van der Waals surface area contributed by atoms with Crippen molar-refractivity contribution in [2.24, 2.45) is 0 Å². The molecule has 1 fully saturated rings. The molecule has 0 radical (unpaired) electrons. The van der Waals surface area contributed by atoms with E-state index in [2.05, 4.69) is 34.5 Å². The average molecular weight is 260 g/mol. The summed E-state index contributed by atoms with van der Waals surface area (Å²) in [7, 11) is 0. The predicted molar refractivity (Wildman–Crippen MR) is 79.0 cm³/mol. The predicted octanol–water partition coefficient (Wildman–Crippen LogP) is 2.81. The molecule has 3 rings (SSSR count). The lowest BCUT2D eigenvalue weighted by atomic mass is 10.1. The van der Waals surface area contributed by atoms with E-state index in [0.717, 1.165) is 37.9 Å². The van der Waals surface area contributed by atoms with Gasteiger partial charge in [-0.05, 0) is 50.8 Å². The van der Waals surface area contributed by atoms with Gasteiger partial charge in [-0.25, -0.2) is 0 Å². The summed E-state index contributed by atoms with van der Waals surface area (Å²) in [6.45, 7) is 4.33. The highest BCUT2D eigenvalue weighted by atomic mass is 16.5. The van der Waals surface area contributed by atoms with Crippen LogP contribution in [0.5, 0.6) is 5.75 Å². The number of benzene rings is 1. The first kappa shape index (κ1) is 12.8. The van der Waals surface area contributed by atoms with Crippen LogP contribution in [-0.2, 0) is 0 Å². The van der Waals surface area contributed by atoms with Gasteiger partial charge < -0.3 is 15.0 Å². The molecule has 1 aromatic rings. The molecule has 19 heavy (non-hydrogen) atoms. The summed E-state index contributed by atoms with van der Waals surface area (Å²) in [5.74, 6) is 1.05. The third-order valence-electron chi connectivity index (χ3n) is 4.18. The number of fused-ring (bicyclic) bond motifs is 1. The van der Waals surface area contributed by atoms with E-state index in [-0.39, 0.29) is 0 Å². The van der Waals surface area contributed by atoms with Crippen LogP contribution in [0, 0.1) is 0 Å². The summed E-state index contributed by atoms with van der Waals surface area (Å²) >= 11 is 0. The van der Waals surface area contributed by atoms with Crippen LogP contribution >= 0.6 is 0 Å². The molecule has 2 heterocycles. The van der Waals surface area contributed by atoms with E-state index >= 15 is 0 Å². The molecule has 0 aromatic heterocycles. The minimum atomic E-state index is 0.762. The Bertz CT molecular complexity index is 401. The Balaban J connectivity index is 1.57. The summed E-state index contributed by atoms with van der Waals surface area (Å²) in [6, 6.07) is 9.21. The molecule has 104 valence electrons. The highest BCUT2D eigenvalue weighted by molar-refractivity contribution is 5.58. The van der Waals surface area contributed by atoms with Crippen molar-refractivity contribution in [2.45, 2.75) is 38.1 Å². The quantitative estimate of drug-likeness (QED) is 0.901. The molecule has 1 saturated heterocycles. The molecule has 0 bridgehead atoms. The number of nitrogens with zero attached hydrogens (tertiary/aromatic N) is 1. The van der Waals surface area contributed by atoms with Crippen molar-refractivity contribution in [2.75, 3.05) is 31.1 Å². The zero-order valence-electron chi connectivity index (χ0n) is 11.6. The summed E-state index contributed by atoms with van der Waals surface area (Å²) in [5, 5.41) is 3.58. The summed E-state index contributed by atoms with van der Waals surface area (Å²) in [4.78, 5) is 2.50. The number of para-hydroxylation sites is 2. The van der Waals surface area contributed by atoms with Crippen molar-refractivity contribution in [3.05, 3.63) is 24.3 Å². The fourth-order valence-corrected chi connectivity index (χ4v) is 3.16. The highest BCUT2D eigenvalue weighted by Crippen LogP contribution is 2.30. The minimum Gasteiger partial charge on any atom is -0.491 e. The Hall–Kier alpha value is -1.22. The van der Waals surface area contributed by atoms with Gasteiger partial charge in [0.2, 0.25) is 0 Å². The maximum Gasteiger partial charge on any atom is 0.142 e. The zero-order chi connectivity index (χ0) is 12.9. The molecule has 2 aliphatic rings. The highest BCUT2D eigenvalue weighted by Gasteiger charge is 2.17. The van der Waals surface area contributed by atoms with Crippen LogP contribution in [0.15, 0.2) is 24.3 Å². The minimum absolute atomic E-state index is 0.762. The topological polar surface area (TPSA) is 24.5 Å². The molecule has 3 nitrogen and oxygen atoms in total. The molecule has 1 N–H and O–H groups in total. The summed E-state index contributed by atoms with van der Waals surface area (Å²) in [6.07, 6.45) is 6.41. The van der Waals surface area contributed by atoms with Gasteiger partial charge in [0.05, 0.1) is 12.3 Å². The first-order valence-electron chi connectivity index (χ1n) is 7.63. The average Bonchev–Trinajstić information content (AvgIpc) is 2.87. The first-order chi connectivity index (χ1) is 9.43. The Kier molecular flexibility index (Phi) is 4.23. The van der Waals surface area contributed by atoms with Crippen molar-refractivity contribution < 1.29 is 4.74 Å². The number of rotatable bonds is 4. The van der Waals surface area contributed by atoms with Gasteiger partial charge in [-0.3, -0.25) is 0 Å². The number of hydrogen-bond acceptors (Lipinski definition) is 3. The Labute approximate surface area is 115 Å². The number of anilines is 1. The fraction of sp³-hybridized carbons (Fsp3) is 0.625. The van der Waals surface area contributed by atoms with Crippen LogP contribution in [0.25, 0.3) is 0 Å². The van der Waals surface area contributed by atoms with Gasteiger partial charge in [0, 0.05) is 19.1 Å². The van der Waals surface area contributed by atoms with Crippen molar-refractivity contribution in [3.63, 3.8) is 0 Å². The molecule has 3 heteroatoms. The van der Waals surface area contributed by atoms with Crippen LogP contribution in [0.3, 0.4) is 0 Å². The van der Waals surface area contributed by atoms with Gasteiger partial charge >= 0.3 is 0 Å². The molecular weight excluding hydrogens is 236 g/mol. The molecule has 2 aliphatic heterocycles. The van der Waals surface area contributed by atoms with Gasteiger partial charge in [-0.2, -0.15) is 0 Å². The Morgan fingerprint density at radius 3 is 3.11 bits per heavy atom. The Morgan fingerprint density at radius 2 is 2.21 bits per heavy atom. The second-order valence-electron chi connectivity index (χ2n) is 5.59. The molecule has 0 saturated carbocycles. The van der Waals surface area contributed by atoms with E-state index in [4.69, 9.17) is 4.74 Å². The molecule has 1 atom stereocenters. The van der Waals surface area contributed by atoms with Crippen LogP contribution < -0.4 is 15.0 Å². The molecule has 0 aliphatic carbocycles. The lowest BCUT2D eigenvalue weighted by molar-refractivity contribution is 0.322. The number of ether oxygens (including phenoxy) is 1. The fourth-order valence-electron chi connectivity index (χ4n) is 3.16. The monoisotopic (exact) mass is 260 g/mol. The number of nitrogens with one attached hydrogen (secondary N) is 1. The number of hydrogen-bond donors (Lipinski definition) is 1. The smallest absolute Gasteiger partial charge is 0.142 e. The van der Waals surface area contributed by atoms with Crippen molar-refractivity contribution in [1.82, 2.24) is 5.32 Å². The largest absolute Gasteiger partial charge is 0.491 e. The van der Waals surface area contributed by atoms with Crippen molar-refractivity contribution in [3.8, 4) is 5.75 Å². The Morgan fingerprint density at radius 1 is 1.26 bits per heavy atom. The van der Waals surface area contributed by atoms with Crippen LogP contribution in [-0.4, -0.2) is 32.3 Å². The van der Waals surface area contributed by atoms with E-state index in [0.29, 0.717) is 0 Å². The molecule has 1 aromatic carbocycles. The molecule has 0 amide bonds. The standard InChI is InChI=1S/C16H24N2O/c1-2-9-16-15(8-1)18(12-5-13-19-16)11-4-7-14-6-3-10-17-14/h1-2,8-9,14,17H,3-7,10-13H2. The zero-order valence-corrected chi connectivity index (χ0v) is 11.6. The molecular formula is C16H24N2O. The van der Waals surface area contributed by atoms with E-state index in [9.17, 15) is 0 Å². The van der Waals surface area contributed by atoms with Gasteiger partial charge in [0.15, 0.2) is 0 Å². The van der Waals surface area contributed by atoms with Gasteiger partial charge in [-0.1, -0.05) is 12.1 Å². The maximum atomic E-state index is 5.80. The van der Waals surface area contributed by atoms with Crippen molar-refractivity contribution >= 4 is 5.69 Å². The third kappa shape index (κ3) is 3.21. The second kappa shape index (κ2) is 6.29. The molecule has 1 unspecified atom stereocenters. The van der Waals surface area contributed by atoms with E-state index in [1.165, 1.54) is 37.9 Å². The van der Waals surface area contributed by atoms with E-state index in [1.54, 1.807) is 0 Å². The van der Waals surface area contributed by atoms with E-state index < -0.39 is 0 Å². The first-order valence-corrected chi connectivity index (χ1v) is 7.63.